The average Bonchev–Trinajstić information content (AvgIpc) is 3.15. The molecule has 1 saturated carbocycles. The number of nitrogens with zero attached hydrogens (tertiary/aromatic N) is 1. The third-order valence-corrected chi connectivity index (χ3v) is 3.29. The first-order valence-electron chi connectivity index (χ1n) is 6.19. The first-order valence-corrected chi connectivity index (χ1v) is 6.19. The van der Waals surface area contributed by atoms with E-state index in [0.29, 0.717) is 13.1 Å². The van der Waals surface area contributed by atoms with Gasteiger partial charge in [-0.05, 0) is 31.9 Å². The predicted octanol–water partition coefficient (Wildman–Crippen LogP) is 0.962. The van der Waals surface area contributed by atoms with Gasteiger partial charge in [-0.15, -0.1) is 0 Å². The van der Waals surface area contributed by atoms with Gasteiger partial charge in [0, 0.05) is 17.7 Å². The van der Waals surface area contributed by atoms with Crippen LogP contribution in [0, 0.1) is 12.3 Å². The Morgan fingerprint density at radius 1 is 1.44 bits per heavy atom. The zero-order valence-electron chi connectivity index (χ0n) is 10.6. The SMILES string of the molecule is Cc1cccc(CNC(=O)NCC2(CO)CC2)n1. The van der Waals surface area contributed by atoms with E-state index in [1.165, 1.54) is 0 Å². The molecule has 2 amide bonds. The molecule has 0 aromatic carbocycles. The van der Waals surface area contributed by atoms with Crippen LogP contribution in [0.15, 0.2) is 18.2 Å². The summed E-state index contributed by atoms with van der Waals surface area (Å²) in [6.07, 6.45) is 1.98. The number of pyridine rings is 1. The van der Waals surface area contributed by atoms with Crippen LogP contribution in [0.3, 0.4) is 0 Å². The van der Waals surface area contributed by atoms with Gasteiger partial charge < -0.3 is 15.7 Å². The first-order chi connectivity index (χ1) is 8.63. The lowest BCUT2D eigenvalue weighted by Crippen LogP contribution is -2.39. The maximum Gasteiger partial charge on any atom is 0.315 e. The molecule has 0 atom stereocenters. The second-order valence-electron chi connectivity index (χ2n) is 4.96. The van der Waals surface area contributed by atoms with Crippen molar-refractivity contribution in [2.75, 3.05) is 13.2 Å². The number of aliphatic hydroxyl groups is 1. The summed E-state index contributed by atoms with van der Waals surface area (Å²) in [6.45, 7) is 3.02. The van der Waals surface area contributed by atoms with Crippen molar-refractivity contribution in [3.8, 4) is 0 Å². The topological polar surface area (TPSA) is 74.2 Å². The van der Waals surface area contributed by atoms with E-state index < -0.39 is 0 Å². The normalized spacial score (nSPS) is 16.1. The molecule has 0 aliphatic heterocycles. The van der Waals surface area contributed by atoms with Crippen molar-refractivity contribution in [1.82, 2.24) is 15.6 Å². The summed E-state index contributed by atoms with van der Waals surface area (Å²) in [4.78, 5) is 15.9. The van der Waals surface area contributed by atoms with Crippen molar-refractivity contribution in [1.29, 1.82) is 0 Å². The maximum absolute atomic E-state index is 11.6. The van der Waals surface area contributed by atoms with Crippen LogP contribution in [0.4, 0.5) is 4.79 Å². The number of hydrogen-bond donors (Lipinski definition) is 3. The molecule has 98 valence electrons. The van der Waals surface area contributed by atoms with Crippen molar-refractivity contribution in [2.45, 2.75) is 26.3 Å². The molecule has 1 aromatic rings. The Morgan fingerprint density at radius 3 is 2.83 bits per heavy atom. The van der Waals surface area contributed by atoms with Gasteiger partial charge in [0.05, 0.1) is 18.8 Å². The molecular formula is C13H19N3O2. The monoisotopic (exact) mass is 249 g/mol. The molecule has 3 N–H and O–H groups in total. The maximum atomic E-state index is 11.6. The highest BCUT2D eigenvalue weighted by Gasteiger charge is 2.42. The Bertz CT molecular complexity index is 430. The third-order valence-electron chi connectivity index (χ3n) is 3.29. The second-order valence-corrected chi connectivity index (χ2v) is 4.96. The average molecular weight is 249 g/mol. The van der Waals surface area contributed by atoms with Crippen LogP contribution in [-0.2, 0) is 6.54 Å². The van der Waals surface area contributed by atoms with Crippen molar-refractivity contribution in [3.63, 3.8) is 0 Å². The number of aromatic nitrogens is 1. The van der Waals surface area contributed by atoms with E-state index in [-0.39, 0.29) is 18.1 Å². The summed E-state index contributed by atoms with van der Waals surface area (Å²) in [5.41, 5.74) is 1.72. The molecule has 0 spiro atoms. The molecule has 2 rings (SSSR count). The summed E-state index contributed by atoms with van der Waals surface area (Å²) in [7, 11) is 0. The van der Waals surface area contributed by atoms with Gasteiger partial charge in [-0.25, -0.2) is 4.79 Å². The number of rotatable bonds is 5. The van der Waals surface area contributed by atoms with Crippen molar-refractivity contribution >= 4 is 6.03 Å². The Morgan fingerprint density at radius 2 is 2.22 bits per heavy atom. The minimum atomic E-state index is -0.210. The fourth-order valence-electron chi connectivity index (χ4n) is 1.77. The van der Waals surface area contributed by atoms with Crippen molar-refractivity contribution < 1.29 is 9.90 Å². The minimum absolute atomic E-state index is 0.0566. The molecule has 5 nitrogen and oxygen atoms in total. The summed E-state index contributed by atoms with van der Waals surface area (Å²) in [5.74, 6) is 0. The van der Waals surface area contributed by atoms with Crippen LogP contribution in [0.2, 0.25) is 0 Å². The molecule has 1 aliphatic rings. The molecule has 18 heavy (non-hydrogen) atoms. The summed E-state index contributed by atoms with van der Waals surface area (Å²) >= 11 is 0. The summed E-state index contributed by atoms with van der Waals surface area (Å²) in [5, 5.41) is 14.7. The highest BCUT2D eigenvalue weighted by Crippen LogP contribution is 2.44. The molecule has 0 bridgehead atoms. The van der Waals surface area contributed by atoms with E-state index in [2.05, 4.69) is 15.6 Å². The van der Waals surface area contributed by atoms with Crippen LogP contribution in [0.1, 0.15) is 24.2 Å². The van der Waals surface area contributed by atoms with Crippen LogP contribution in [0.25, 0.3) is 0 Å². The molecule has 0 saturated heterocycles. The van der Waals surface area contributed by atoms with Gasteiger partial charge in [0.15, 0.2) is 0 Å². The minimum Gasteiger partial charge on any atom is -0.396 e. The van der Waals surface area contributed by atoms with E-state index in [1.807, 2.05) is 25.1 Å². The number of carbonyl (C=O) groups is 1. The van der Waals surface area contributed by atoms with Gasteiger partial charge in [0.1, 0.15) is 0 Å². The molecule has 0 unspecified atom stereocenters. The number of amides is 2. The van der Waals surface area contributed by atoms with E-state index in [1.54, 1.807) is 0 Å². The first kappa shape index (κ1) is 12.8. The predicted molar refractivity (Wildman–Crippen MR) is 68.0 cm³/mol. The van der Waals surface area contributed by atoms with Crippen LogP contribution in [-0.4, -0.2) is 29.3 Å². The highest BCUT2D eigenvalue weighted by molar-refractivity contribution is 5.73. The van der Waals surface area contributed by atoms with Gasteiger partial charge >= 0.3 is 6.03 Å². The lowest BCUT2D eigenvalue weighted by molar-refractivity contribution is 0.203. The standard InChI is InChI=1S/C13H19N3O2/c1-10-3-2-4-11(16-10)7-14-12(18)15-8-13(9-17)5-6-13/h2-4,17H,5-9H2,1H3,(H2,14,15,18). The molecule has 1 aliphatic carbocycles. The molecular weight excluding hydrogens is 230 g/mol. The number of carbonyl (C=O) groups excluding carboxylic acids is 1. The summed E-state index contributed by atoms with van der Waals surface area (Å²) in [6, 6.07) is 5.51. The van der Waals surface area contributed by atoms with E-state index in [4.69, 9.17) is 5.11 Å². The quantitative estimate of drug-likeness (QED) is 0.727. The van der Waals surface area contributed by atoms with E-state index in [9.17, 15) is 4.79 Å². The van der Waals surface area contributed by atoms with E-state index in [0.717, 1.165) is 24.2 Å². The molecule has 1 heterocycles. The van der Waals surface area contributed by atoms with Gasteiger partial charge in [-0.1, -0.05) is 6.07 Å². The Kier molecular flexibility index (Phi) is 3.81. The number of aryl methyl sites for hydroxylation is 1. The zero-order chi connectivity index (χ0) is 13.0. The van der Waals surface area contributed by atoms with Crippen molar-refractivity contribution in [2.24, 2.45) is 5.41 Å². The Hall–Kier alpha value is -1.62. The molecule has 5 heteroatoms. The van der Waals surface area contributed by atoms with Gasteiger partial charge in [-0.3, -0.25) is 4.98 Å². The fourth-order valence-corrected chi connectivity index (χ4v) is 1.77. The van der Waals surface area contributed by atoms with Gasteiger partial charge in [0.25, 0.3) is 0 Å². The second kappa shape index (κ2) is 5.35. The number of aliphatic hydroxyl groups excluding tert-OH is 1. The molecule has 1 aromatic heterocycles. The van der Waals surface area contributed by atoms with Crippen LogP contribution < -0.4 is 10.6 Å². The summed E-state index contributed by atoms with van der Waals surface area (Å²) < 4.78 is 0. The fraction of sp³-hybridized carbons (Fsp3) is 0.538. The lowest BCUT2D eigenvalue weighted by Gasteiger charge is -2.13. The number of hydrogen-bond acceptors (Lipinski definition) is 3. The van der Waals surface area contributed by atoms with Gasteiger partial charge in [0.2, 0.25) is 0 Å². The van der Waals surface area contributed by atoms with E-state index >= 15 is 0 Å². The van der Waals surface area contributed by atoms with Crippen LogP contribution in [0.5, 0.6) is 0 Å². The Labute approximate surface area is 107 Å². The number of nitrogens with one attached hydrogen (secondary N) is 2. The highest BCUT2D eigenvalue weighted by atomic mass is 16.3. The lowest BCUT2D eigenvalue weighted by atomic mass is 10.1. The third kappa shape index (κ3) is 3.43. The molecule has 1 fully saturated rings. The zero-order valence-corrected chi connectivity index (χ0v) is 10.6. The van der Waals surface area contributed by atoms with Crippen molar-refractivity contribution in [3.05, 3.63) is 29.6 Å². The van der Waals surface area contributed by atoms with Gasteiger partial charge in [-0.2, -0.15) is 0 Å². The largest absolute Gasteiger partial charge is 0.396 e. The smallest absolute Gasteiger partial charge is 0.315 e. The van der Waals surface area contributed by atoms with Crippen LogP contribution >= 0.6 is 0 Å². The Balaban J connectivity index is 1.72. The molecule has 0 radical (unpaired) electrons. The number of urea groups is 1.